The molecule has 1 atom stereocenters. The highest BCUT2D eigenvalue weighted by Gasteiger charge is 2.22. The summed E-state index contributed by atoms with van der Waals surface area (Å²) < 4.78 is 10.8. The molecule has 4 rings (SSSR count). The molecule has 2 N–H and O–H groups in total. The molecule has 0 spiro atoms. The van der Waals surface area contributed by atoms with E-state index in [2.05, 4.69) is 16.7 Å². The zero-order valence-corrected chi connectivity index (χ0v) is 15.9. The Morgan fingerprint density at radius 1 is 0.857 bits per heavy atom. The monoisotopic (exact) mass is 374 g/mol. The summed E-state index contributed by atoms with van der Waals surface area (Å²) in [5.74, 6) is 1.25. The van der Waals surface area contributed by atoms with Gasteiger partial charge < -0.3 is 20.1 Å². The molecule has 0 radical (unpaired) electrons. The van der Waals surface area contributed by atoms with Crippen LogP contribution in [0.2, 0.25) is 0 Å². The fourth-order valence-electron chi connectivity index (χ4n) is 3.36. The Balaban J connectivity index is 1.61. The summed E-state index contributed by atoms with van der Waals surface area (Å²) in [7, 11) is 0. The zero-order valence-electron chi connectivity index (χ0n) is 15.9. The highest BCUT2D eigenvalue weighted by atomic mass is 16.7. The first-order valence-corrected chi connectivity index (χ1v) is 9.19. The van der Waals surface area contributed by atoms with Crippen molar-refractivity contribution in [2.75, 3.05) is 17.4 Å². The van der Waals surface area contributed by atoms with Crippen LogP contribution in [0, 0.1) is 13.8 Å². The number of hydrogen-bond acceptors (Lipinski definition) is 4. The Labute approximate surface area is 164 Å². The van der Waals surface area contributed by atoms with Crippen LogP contribution in [0.1, 0.15) is 22.7 Å². The summed E-state index contributed by atoms with van der Waals surface area (Å²) in [5, 5.41) is 6.36. The minimum Gasteiger partial charge on any atom is -0.454 e. The number of amides is 1. The van der Waals surface area contributed by atoms with E-state index >= 15 is 0 Å². The molecule has 3 aromatic carbocycles. The van der Waals surface area contributed by atoms with Crippen LogP contribution in [0.3, 0.4) is 0 Å². The summed E-state index contributed by atoms with van der Waals surface area (Å²) in [4.78, 5) is 13.1. The fraction of sp³-hybridized carbons (Fsp3) is 0.174. The maximum absolute atomic E-state index is 13.1. The second-order valence-electron chi connectivity index (χ2n) is 6.92. The van der Waals surface area contributed by atoms with Crippen molar-refractivity contribution < 1.29 is 14.3 Å². The van der Waals surface area contributed by atoms with Gasteiger partial charge in [0.2, 0.25) is 6.79 Å². The van der Waals surface area contributed by atoms with Gasteiger partial charge in [0.25, 0.3) is 5.91 Å². The number of ether oxygens (including phenoxy) is 2. The lowest BCUT2D eigenvalue weighted by molar-refractivity contribution is -0.117. The lowest BCUT2D eigenvalue weighted by Crippen LogP contribution is -2.27. The first kappa shape index (κ1) is 17.9. The zero-order chi connectivity index (χ0) is 19.5. The molecule has 0 saturated heterocycles. The molecule has 1 amide bonds. The standard InChI is InChI=1S/C23H22N2O3/c1-15-10-16(2)12-19(11-15)25-23(26)22(17-6-4-3-5-7-17)24-18-8-9-20-21(13-18)28-14-27-20/h3-13,22,24H,14H2,1-2H3,(H,25,26)/t22-/m0/s1. The number of rotatable bonds is 5. The number of carbonyl (C=O) groups is 1. The molecule has 0 aliphatic carbocycles. The van der Waals surface area contributed by atoms with E-state index in [9.17, 15) is 4.79 Å². The Morgan fingerprint density at radius 2 is 1.57 bits per heavy atom. The van der Waals surface area contributed by atoms with E-state index in [0.717, 1.165) is 28.1 Å². The summed E-state index contributed by atoms with van der Waals surface area (Å²) in [6.45, 7) is 4.25. The molecule has 142 valence electrons. The molecule has 0 bridgehead atoms. The SMILES string of the molecule is Cc1cc(C)cc(NC(=O)[C@@H](Nc2ccc3c(c2)OCO3)c2ccccc2)c1. The van der Waals surface area contributed by atoms with Crippen LogP contribution in [0.15, 0.2) is 66.7 Å². The van der Waals surface area contributed by atoms with Crippen molar-refractivity contribution in [2.45, 2.75) is 19.9 Å². The Hall–Kier alpha value is -3.47. The predicted octanol–water partition coefficient (Wildman–Crippen LogP) is 4.82. The maximum atomic E-state index is 13.1. The number of fused-ring (bicyclic) bond motifs is 1. The van der Waals surface area contributed by atoms with Crippen LogP contribution in [-0.4, -0.2) is 12.7 Å². The first-order valence-electron chi connectivity index (χ1n) is 9.19. The van der Waals surface area contributed by atoms with Gasteiger partial charge in [0.1, 0.15) is 6.04 Å². The molecule has 1 aliphatic heterocycles. The van der Waals surface area contributed by atoms with Gasteiger partial charge in [0.05, 0.1) is 0 Å². The number of benzene rings is 3. The summed E-state index contributed by atoms with van der Waals surface area (Å²) in [6.07, 6.45) is 0. The van der Waals surface area contributed by atoms with Crippen LogP contribution in [0.4, 0.5) is 11.4 Å². The van der Waals surface area contributed by atoms with Gasteiger partial charge in [-0.1, -0.05) is 36.4 Å². The normalized spacial score (nSPS) is 13.1. The van der Waals surface area contributed by atoms with E-state index in [1.807, 2.05) is 74.5 Å². The second-order valence-corrected chi connectivity index (χ2v) is 6.92. The lowest BCUT2D eigenvalue weighted by Gasteiger charge is -2.20. The minimum absolute atomic E-state index is 0.131. The van der Waals surface area contributed by atoms with Crippen molar-refractivity contribution in [1.82, 2.24) is 0 Å². The number of carbonyl (C=O) groups excluding carboxylic acids is 1. The summed E-state index contributed by atoms with van der Waals surface area (Å²) >= 11 is 0. The van der Waals surface area contributed by atoms with E-state index < -0.39 is 6.04 Å². The van der Waals surface area contributed by atoms with E-state index in [4.69, 9.17) is 9.47 Å². The Bertz CT molecular complexity index is 982. The molecule has 1 heterocycles. The van der Waals surface area contributed by atoms with Gasteiger partial charge in [0.15, 0.2) is 11.5 Å². The van der Waals surface area contributed by atoms with Gasteiger partial charge in [-0.15, -0.1) is 0 Å². The third-order valence-corrected chi connectivity index (χ3v) is 4.57. The number of aryl methyl sites for hydroxylation is 2. The van der Waals surface area contributed by atoms with Crippen molar-refractivity contribution in [3.8, 4) is 11.5 Å². The van der Waals surface area contributed by atoms with Crippen molar-refractivity contribution in [1.29, 1.82) is 0 Å². The number of nitrogens with one attached hydrogen (secondary N) is 2. The Morgan fingerprint density at radius 3 is 2.32 bits per heavy atom. The van der Waals surface area contributed by atoms with Crippen LogP contribution in [0.25, 0.3) is 0 Å². The molecule has 5 heteroatoms. The maximum Gasteiger partial charge on any atom is 0.251 e. The van der Waals surface area contributed by atoms with Crippen molar-refractivity contribution in [3.05, 3.63) is 83.4 Å². The van der Waals surface area contributed by atoms with E-state index in [1.54, 1.807) is 0 Å². The van der Waals surface area contributed by atoms with Crippen LogP contribution >= 0.6 is 0 Å². The average molecular weight is 374 g/mol. The van der Waals surface area contributed by atoms with Crippen LogP contribution < -0.4 is 20.1 Å². The average Bonchev–Trinajstić information content (AvgIpc) is 3.13. The van der Waals surface area contributed by atoms with Gasteiger partial charge in [-0.3, -0.25) is 4.79 Å². The molecule has 28 heavy (non-hydrogen) atoms. The molecule has 0 aromatic heterocycles. The van der Waals surface area contributed by atoms with E-state index in [-0.39, 0.29) is 12.7 Å². The van der Waals surface area contributed by atoms with Crippen molar-refractivity contribution in [2.24, 2.45) is 0 Å². The van der Waals surface area contributed by atoms with Crippen LogP contribution in [-0.2, 0) is 4.79 Å². The van der Waals surface area contributed by atoms with Gasteiger partial charge in [0, 0.05) is 17.4 Å². The smallest absolute Gasteiger partial charge is 0.251 e. The van der Waals surface area contributed by atoms with Gasteiger partial charge in [-0.05, 0) is 54.8 Å². The van der Waals surface area contributed by atoms with Gasteiger partial charge >= 0.3 is 0 Å². The third-order valence-electron chi connectivity index (χ3n) is 4.57. The van der Waals surface area contributed by atoms with Gasteiger partial charge in [-0.25, -0.2) is 0 Å². The minimum atomic E-state index is -0.553. The lowest BCUT2D eigenvalue weighted by atomic mass is 10.0. The van der Waals surface area contributed by atoms with Crippen molar-refractivity contribution >= 4 is 17.3 Å². The second kappa shape index (κ2) is 7.64. The summed E-state index contributed by atoms with van der Waals surface area (Å²) in [6, 6.07) is 20.7. The molecule has 1 aliphatic rings. The molecule has 0 unspecified atom stereocenters. The van der Waals surface area contributed by atoms with Crippen molar-refractivity contribution in [3.63, 3.8) is 0 Å². The molecule has 0 saturated carbocycles. The fourth-order valence-corrected chi connectivity index (χ4v) is 3.36. The quantitative estimate of drug-likeness (QED) is 0.672. The largest absolute Gasteiger partial charge is 0.454 e. The topological polar surface area (TPSA) is 59.6 Å². The van der Waals surface area contributed by atoms with Gasteiger partial charge in [-0.2, -0.15) is 0 Å². The molecule has 3 aromatic rings. The molecular formula is C23H22N2O3. The molecule has 5 nitrogen and oxygen atoms in total. The highest BCUT2D eigenvalue weighted by molar-refractivity contribution is 5.97. The number of hydrogen-bond donors (Lipinski definition) is 2. The van der Waals surface area contributed by atoms with E-state index in [1.165, 1.54) is 0 Å². The Kier molecular flexibility index (Phi) is 4.89. The number of anilines is 2. The van der Waals surface area contributed by atoms with Crippen LogP contribution in [0.5, 0.6) is 11.5 Å². The molecule has 0 fully saturated rings. The third kappa shape index (κ3) is 3.93. The summed E-state index contributed by atoms with van der Waals surface area (Å²) in [5.41, 5.74) is 4.66. The highest BCUT2D eigenvalue weighted by Crippen LogP contribution is 2.35. The van der Waals surface area contributed by atoms with E-state index in [0.29, 0.717) is 11.5 Å². The molecular weight excluding hydrogens is 352 g/mol. The first-order chi connectivity index (χ1) is 13.6. The predicted molar refractivity (Wildman–Crippen MR) is 110 cm³/mol.